The number of aliphatic hydroxyl groups excluding tert-OH is 1. The maximum absolute atomic E-state index is 13.8. The lowest BCUT2D eigenvalue weighted by Crippen LogP contribution is -2.46. The van der Waals surface area contributed by atoms with Crippen LogP contribution in [-0.4, -0.2) is 38.3 Å². The van der Waals surface area contributed by atoms with Crippen molar-refractivity contribution in [1.29, 1.82) is 5.26 Å². The standard InChI is InChI=1S/C26H25FN4O2/c27-21-3-1-2-17(7-21)24-8-22(32)15-30(24)25(33)26-9-19(10-26)20(11-26)14-31-23-5-4-16(12-28)6-18(23)13-29-31/h1-7,13,19-20,22,24,32H,8-11,14-15H2/t19?,20?,22-,24-,26?/m0/s1. The van der Waals surface area contributed by atoms with E-state index in [4.69, 9.17) is 5.26 Å². The smallest absolute Gasteiger partial charge is 0.229 e. The molecule has 3 aromatic rings. The van der Waals surface area contributed by atoms with Gasteiger partial charge in [-0.1, -0.05) is 12.1 Å². The summed E-state index contributed by atoms with van der Waals surface area (Å²) < 4.78 is 15.8. The SMILES string of the molecule is N#Cc1ccc2c(cnn2CC2CC3(C(=O)N4C[C@@H](O)C[C@H]4c4cccc(F)c4)CC2C3)c1. The lowest BCUT2D eigenvalue weighted by molar-refractivity contribution is -0.147. The second-order valence-corrected chi connectivity index (χ2v) is 10.0. The number of hydrogen-bond donors (Lipinski definition) is 1. The third-order valence-corrected chi connectivity index (χ3v) is 8.03. The highest BCUT2D eigenvalue weighted by Crippen LogP contribution is 2.63. The molecule has 6 nitrogen and oxygen atoms in total. The molecule has 1 saturated heterocycles. The number of halogens is 1. The molecule has 7 heteroatoms. The molecular formula is C26H25FN4O2. The van der Waals surface area contributed by atoms with Crippen molar-refractivity contribution in [2.24, 2.45) is 17.3 Å². The van der Waals surface area contributed by atoms with Crippen molar-refractivity contribution >= 4 is 16.8 Å². The molecule has 4 aliphatic rings. The Morgan fingerprint density at radius 2 is 2.09 bits per heavy atom. The number of rotatable bonds is 4. The van der Waals surface area contributed by atoms with Gasteiger partial charge in [-0.15, -0.1) is 0 Å². The quantitative estimate of drug-likeness (QED) is 0.664. The predicted octanol–water partition coefficient (Wildman–Crippen LogP) is 3.80. The van der Waals surface area contributed by atoms with Crippen LogP contribution in [0.5, 0.6) is 0 Å². The predicted molar refractivity (Wildman–Crippen MR) is 119 cm³/mol. The Labute approximate surface area is 191 Å². The molecule has 2 aromatic carbocycles. The van der Waals surface area contributed by atoms with Gasteiger partial charge in [0.1, 0.15) is 5.82 Å². The first-order valence-corrected chi connectivity index (χ1v) is 11.6. The summed E-state index contributed by atoms with van der Waals surface area (Å²) in [7, 11) is 0. The van der Waals surface area contributed by atoms with E-state index in [0.29, 0.717) is 30.4 Å². The average Bonchev–Trinajstić information content (AvgIpc) is 3.54. The van der Waals surface area contributed by atoms with Crippen molar-refractivity contribution in [1.82, 2.24) is 14.7 Å². The van der Waals surface area contributed by atoms with Gasteiger partial charge in [-0.05, 0) is 73.4 Å². The first-order chi connectivity index (χ1) is 16.0. The highest BCUT2D eigenvalue weighted by Gasteiger charge is 2.62. The maximum Gasteiger partial charge on any atom is 0.229 e. The monoisotopic (exact) mass is 444 g/mol. The second kappa shape index (κ2) is 7.39. The second-order valence-electron chi connectivity index (χ2n) is 10.0. The van der Waals surface area contributed by atoms with Crippen LogP contribution in [0.15, 0.2) is 48.7 Å². The maximum atomic E-state index is 13.8. The number of fused-ring (bicyclic) bond motifs is 2. The van der Waals surface area contributed by atoms with Crippen LogP contribution < -0.4 is 0 Å². The van der Waals surface area contributed by atoms with Gasteiger partial charge in [0.25, 0.3) is 0 Å². The first-order valence-electron chi connectivity index (χ1n) is 11.6. The fourth-order valence-corrected chi connectivity index (χ4v) is 6.49. The minimum absolute atomic E-state index is 0.107. The molecule has 3 atom stereocenters. The van der Waals surface area contributed by atoms with Gasteiger partial charge in [-0.3, -0.25) is 9.48 Å². The van der Waals surface area contributed by atoms with E-state index in [2.05, 4.69) is 11.2 Å². The highest BCUT2D eigenvalue weighted by molar-refractivity contribution is 5.85. The molecule has 0 radical (unpaired) electrons. The van der Waals surface area contributed by atoms with E-state index in [9.17, 15) is 14.3 Å². The van der Waals surface area contributed by atoms with Crippen molar-refractivity contribution in [2.45, 2.75) is 44.4 Å². The Morgan fingerprint density at radius 3 is 2.88 bits per heavy atom. The van der Waals surface area contributed by atoms with E-state index in [0.717, 1.165) is 42.3 Å². The topological polar surface area (TPSA) is 82.2 Å². The van der Waals surface area contributed by atoms with E-state index < -0.39 is 6.10 Å². The number of amides is 1. The summed E-state index contributed by atoms with van der Waals surface area (Å²) in [6.07, 6.45) is 4.22. The van der Waals surface area contributed by atoms with Crippen LogP contribution in [0.1, 0.15) is 42.9 Å². The zero-order valence-corrected chi connectivity index (χ0v) is 18.2. The molecule has 1 aliphatic heterocycles. The molecule has 3 saturated carbocycles. The minimum atomic E-state index is -0.583. The van der Waals surface area contributed by atoms with Gasteiger partial charge in [0.15, 0.2) is 0 Å². The van der Waals surface area contributed by atoms with Gasteiger partial charge in [0.05, 0.1) is 40.9 Å². The number of β-amino-alcohol motifs (C(OH)–C–C–N with tert-alkyl or cyclic N) is 1. The summed E-state index contributed by atoms with van der Waals surface area (Å²) >= 11 is 0. The van der Waals surface area contributed by atoms with Crippen LogP contribution in [0.25, 0.3) is 10.9 Å². The molecule has 4 fully saturated rings. The molecule has 0 spiro atoms. The third kappa shape index (κ3) is 3.24. The number of nitrogens with zero attached hydrogens (tertiary/aromatic N) is 4. The number of carbonyl (C=O) groups excluding carboxylic acids is 1. The van der Waals surface area contributed by atoms with Gasteiger partial charge in [0, 0.05) is 18.5 Å². The Balaban J connectivity index is 1.20. The van der Waals surface area contributed by atoms with Crippen LogP contribution in [0, 0.1) is 34.4 Å². The van der Waals surface area contributed by atoms with Crippen molar-refractivity contribution < 1.29 is 14.3 Å². The van der Waals surface area contributed by atoms with Crippen molar-refractivity contribution in [3.05, 3.63) is 65.6 Å². The van der Waals surface area contributed by atoms with Gasteiger partial charge in [-0.2, -0.15) is 10.4 Å². The van der Waals surface area contributed by atoms with Crippen molar-refractivity contribution in [3.63, 3.8) is 0 Å². The van der Waals surface area contributed by atoms with Crippen LogP contribution >= 0.6 is 0 Å². The fraction of sp³-hybridized carbons (Fsp3) is 0.423. The third-order valence-electron chi connectivity index (χ3n) is 8.03. The number of nitriles is 1. The summed E-state index contributed by atoms with van der Waals surface area (Å²) in [5.74, 6) is 0.646. The Morgan fingerprint density at radius 1 is 1.24 bits per heavy atom. The largest absolute Gasteiger partial charge is 0.391 e. The summed E-state index contributed by atoms with van der Waals surface area (Å²) in [5, 5.41) is 24.9. The van der Waals surface area contributed by atoms with Crippen LogP contribution in [0.3, 0.4) is 0 Å². The number of aromatic nitrogens is 2. The van der Waals surface area contributed by atoms with E-state index >= 15 is 0 Å². The summed E-state index contributed by atoms with van der Waals surface area (Å²) in [4.78, 5) is 15.5. The fourth-order valence-electron chi connectivity index (χ4n) is 6.49. The lowest BCUT2D eigenvalue weighted by atomic mass is 9.68. The molecule has 1 N–H and O–H groups in total. The molecule has 7 rings (SSSR count). The molecule has 1 unspecified atom stereocenters. The Kier molecular flexibility index (Phi) is 4.56. The zero-order chi connectivity index (χ0) is 22.7. The minimum Gasteiger partial charge on any atom is -0.391 e. The number of aliphatic hydroxyl groups is 1. The van der Waals surface area contributed by atoms with Crippen LogP contribution in [0.4, 0.5) is 4.39 Å². The van der Waals surface area contributed by atoms with E-state index in [1.54, 1.807) is 17.2 Å². The molecule has 33 heavy (non-hydrogen) atoms. The highest BCUT2D eigenvalue weighted by atomic mass is 19.1. The van der Waals surface area contributed by atoms with Crippen molar-refractivity contribution in [2.75, 3.05) is 6.54 Å². The van der Waals surface area contributed by atoms with E-state index in [1.165, 1.54) is 12.1 Å². The average molecular weight is 445 g/mol. The molecule has 2 bridgehead atoms. The van der Waals surface area contributed by atoms with E-state index in [-0.39, 0.29) is 23.2 Å². The van der Waals surface area contributed by atoms with Gasteiger partial charge >= 0.3 is 0 Å². The Hall–Kier alpha value is -3.24. The molecular weight excluding hydrogens is 419 g/mol. The number of likely N-dealkylation sites (tertiary alicyclic amines) is 1. The van der Waals surface area contributed by atoms with E-state index in [1.807, 2.05) is 28.9 Å². The molecule has 1 amide bonds. The zero-order valence-electron chi connectivity index (χ0n) is 18.2. The Bertz CT molecular complexity index is 1290. The van der Waals surface area contributed by atoms with Gasteiger partial charge < -0.3 is 10.0 Å². The number of benzene rings is 2. The number of hydrogen-bond acceptors (Lipinski definition) is 4. The summed E-state index contributed by atoms with van der Waals surface area (Å²) in [6.45, 7) is 1.06. The number of carbonyl (C=O) groups is 1. The van der Waals surface area contributed by atoms with Crippen molar-refractivity contribution in [3.8, 4) is 6.07 Å². The van der Waals surface area contributed by atoms with Crippen LogP contribution in [-0.2, 0) is 11.3 Å². The lowest BCUT2D eigenvalue weighted by Gasteiger charge is -2.41. The summed E-state index contributed by atoms with van der Waals surface area (Å²) in [5.41, 5.74) is 2.01. The van der Waals surface area contributed by atoms with Gasteiger partial charge in [0.2, 0.25) is 5.91 Å². The summed E-state index contributed by atoms with van der Waals surface area (Å²) in [6, 6.07) is 13.9. The molecule has 168 valence electrons. The van der Waals surface area contributed by atoms with Crippen LogP contribution in [0.2, 0.25) is 0 Å². The molecule has 2 heterocycles. The first kappa shape index (κ1) is 20.4. The molecule has 3 aliphatic carbocycles. The van der Waals surface area contributed by atoms with Gasteiger partial charge in [-0.25, -0.2) is 4.39 Å². The molecule has 1 aromatic heterocycles. The normalized spacial score (nSPS) is 30.4.